The number of ketones is 1. The van der Waals surface area contributed by atoms with Crippen LogP contribution in [0.2, 0.25) is 0 Å². The lowest BCUT2D eigenvalue weighted by molar-refractivity contribution is 0.0475. The molecule has 0 aliphatic carbocycles. The number of rotatable bonds is 6. The minimum atomic E-state index is -0.663. The number of benzene rings is 3. The Kier molecular flexibility index (Phi) is 5.44. The SMILES string of the molecule is CCn1c(-c2ccccc2)c(C(=O)COC(=O)c2ccc(F)cc2)c2ccccc21. The normalized spacial score (nSPS) is 10.9. The number of fused-ring (bicyclic) bond motifs is 1. The maximum Gasteiger partial charge on any atom is 0.338 e. The van der Waals surface area contributed by atoms with Gasteiger partial charge in [-0.25, -0.2) is 9.18 Å². The van der Waals surface area contributed by atoms with E-state index in [-0.39, 0.29) is 11.3 Å². The van der Waals surface area contributed by atoms with Crippen LogP contribution in [0.1, 0.15) is 27.6 Å². The molecular weight excluding hydrogens is 381 g/mol. The van der Waals surface area contributed by atoms with E-state index < -0.39 is 18.4 Å². The van der Waals surface area contributed by atoms with Gasteiger partial charge in [0.05, 0.1) is 16.8 Å². The lowest BCUT2D eigenvalue weighted by Gasteiger charge is -2.11. The molecule has 0 N–H and O–H groups in total. The first-order chi connectivity index (χ1) is 14.6. The molecule has 0 amide bonds. The van der Waals surface area contributed by atoms with Gasteiger partial charge in [0, 0.05) is 17.4 Å². The minimum absolute atomic E-state index is 0.198. The van der Waals surface area contributed by atoms with E-state index in [1.165, 1.54) is 24.3 Å². The number of ether oxygens (including phenoxy) is 1. The molecule has 0 saturated carbocycles. The van der Waals surface area contributed by atoms with E-state index in [1.807, 2.05) is 61.5 Å². The molecule has 5 heteroatoms. The number of hydrogen-bond acceptors (Lipinski definition) is 3. The summed E-state index contributed by atoms with van der Waals surface area (Å²) in [7, 11) is 0. The summed E-state index contributed by atoms with van der Waals surface area (Å²) in [5.41, 5.74) is 3.41. The monoisotopic (exact) mass is 401 g/mol. The Balaban J connectivity index is 1.71. The van der Waals surface area contributed by atoms with Crippen molar-refractivity contribution >= 4 is 22.7 Å². The number of Topliss-reactive ketones (excluding diaryl/α,β-unsaturated/α-hetero) is 1. The van der Waals surface area contributed by atoms with Crippen LogP contribution in [0.25, 0.3) is 22.2 Å². The molecule has 30 heavy (non-hydrogen) atoms. The molecule has 150 valence electrons. The summed E-state index contributed by atoms with van der Waals surface area (Å²) in [6, 6.07) is 22.4. The fourth-order valence-electron chi connectivity index (χ4n) is 3.68. The second-order valence-electron chi connectivity index (χ2n) is 6.86. The molecule has 0 bridgehead atoms. The van der Waals surface area contributed by atoms with Gasteiger partial charge >= 0.3 is 5.97 Å². The third-order valence-electron chi connectivity index (χ3n) is 5.03. The van der Waals surface area contributed by atoms with Gasteiger partial charge in [0.2, 0.25) is 5.78 Å². The zero-order valence-electron chi connectivity index (χ0n) is 16.5. The number of para-hydroxylation sites is 1. The largest absolute Gasteiger partial charge is 0.454 e. The van der Waals surface area contributed by atoms with E-state index in [0.29, 0.717) is 12.1 Å². The van der Waals surface area contributed by atoms with Crippen molar-refractivity contribution in [1.82, 2.24) is 4.57 Å². The lowest BCUT2D eigenvalue weighted by atomic mass is 10.0. The van der Waals surface area contributed by atoms with Crippen LogP contribution in [0.5, 0.6) is 0 Å². The van der Waals surface area contributed by atoms with E-state index in [2.05, 4.69) is 4.57 Å². The van der Waals surface area contributed by atoms with E-state index >= 15 is 0 Å². The van der Waals surface area contributed by atoms with Crippen LogP contribution >= 0.6 is 0 Å². The smallest absolute Gasteiger partial charge is 0.338 e. The molecule has 0 aliphatic rings. The lowest BCUT2D eigenvalue weighted by Crippen LogP contribution is -2.15. The summed E-state index contributed by atoms with van der Waals surface area (Å²) in [4.78, 5) is 25.5. The number of carbonyl (C=O) groups is 2. The Labute approximate surface area is 173 Å². The van der Waals surface area contributed by atoms with Crippen LogP contribution in [0.15, 0.2) is 78.9 Å². The van der Waals surface area contributed by atoms with Crippen LogP contribution in [-0.4, -0.2) is 22.9 Å². The van der Waals surface area contributed by atoms with E-state index in [4.69, 9.17) is 4.74 Å². The highest BCUT2D eigenvalue weighted by molar-refractivity contribution is 6.14. The fourth-order valence-corrected chi connectivity index (χ4v) is 3.68. The molecule has 0 aliphatic heterocycles. The standard InChI is InChI=1S/C25H20FNO3/c1-2-27-21-11-7-6-10-20(21)23(24(27)17-8-4-3-5-9-17)22(28)16-30-25(29)18-12-14-19(26)15-13-18/h3-15H,2,16H2,1H3. The third kappa shape index (κ3) is 3.62. The van der Waals surface area contributed by atoms with Crippen LogP contribution < -0.4 is 0 Å². The Bertz CT molecular complexity index is 1210. The molecule has 0 unspecified atom stereocenters. The Morgan fingerprint density at radius 1 is 0.900 bits per heavy atom. The number of halogens is 1. The molecule has 1 aromatic heterocycles. The van der Waals surface area contributed by atoms with Gasteiger partial charge in [-0.2, -0.15) is 0 Å². The van der Waals surface area contributed by atoms with Gasteiger partial charge in [0.1, 0.15) is 5.82 Å². The quantitative estimate of drug-likeness (QED) is 0.316. The van der Waals surface area contributed by atoms with Crippen molar-refractivity contribution in [3.8, 4) is 11.3 Å². The van der Waals surface area contributed by atoms with Gasteiger partial charge < -0.3 is 9.30 Å². The first-order valence-corrected chi connectivity index (χ1v) is 9.72. The summed E-state index contributed by atoms with van der Waals surface area (Å²) >= 11 is 0. The summed E-state index contributed by atoms with van der Waals surface area (Å²) < 4.78 is 20.4. The van der Waals surface area contributed by atoms with Gasteiger partial charge in [0.25, 0.3) is 0 Å². The van der Waals surface area contributed by atoms with Gasteiger partial charge in [-0.15, -0.1) is 0 Å². The van der Waals surface area contributed by atoms with Gasteiger partial charge in [-0.3, -0.25) is 4.79 Å². The number of esters is 1. The van der Waals surface area contributed by atoms with Crippen LogP contribution in [0.4, 0.5) is 4.39 Å². The van der Waals surface area contributed by atoms with E-state index in [9.17, 15) is 14.0 Å². The van der Waals surface area contributed by atoms with Crippen molar-refractivity contribution in [1.29, 1.82) is 0 Å². The average Bonchev–Trinajstić information content (AvgIpc) is 3.12. The van der Waals surface area contributed by atoms with Crippen molar-refractivity contribution in [2.45, 2.75) is 13.5 Å². The fraction of sp³-hybridized carbons (Fsp3) is 0.120. The summed E-state index contributed by atoms with van der Waals surface area (Å²) in [6.45, 7) is 2.32. The first-order valence-electron chi connectivity index (χ1n) is 9.72. The predicted octanol–water partition coefficient (Wildman–Crippen LogP) is 5.51. The van der Waals surface area contributed by atoms with Crippen LogP contribution in [0.3, 0.4) is 0 Å². The van der Waals surface area contributed by atoms with Crippen LogP contribution in [0, 0.1) is 5.82 Å². The van der Waals surface area contributed by atoms with Crippen molar-refractivity contribution in [3.05, 3.63) is 95.8 Å². The Morgan fingerprint density at radius 2 is 1.57 bits per heavy atom. The molecule has 4 aromatic rings. The summed E-state index contributed by atoms with van der Waals surface area (Å²) in [5, 5.41) is 0.820. The zero-order chi connectivity index (χ0) is 21.1. The number of aryl methyl sites for hydroxylation is 1. The van der Waals surface area contributed by atoms with Crippen molar-refractivity contribution < 1.29 is 18.7 Å². The molecular formula is C25H20FNO3. The Morgan fingerprint density at radius 3 is 2.27 bits per heavy atom. The molecule has 4 rings (SSSR count). The van der Waals surface area contributed by atoms with Crippen molar-refractivity contribution in [2.75, 3.05) is 6.61 Å². The number of carbonyl (C=O) groups excluding carboxylic acids is 2. The van der Waals surface area contributed by atoms with Gasteiger partial charge in [-0.05, 0) is 42.8 Å². The molecule has 1 heterocycles. The van der Waals surface area contributed by atoms with Crippen molar-refractivity contribution in [3.63, 3.8) is 0 Å². The topological polar surface area (TPSA) is 48.3 Å². The summed E-state index contributed by atoms with van der Waals surface area (Å²) in [6.07, 6.45) is 0. The molecule has 0 saturated heterocycles. The third-order valence-corrected chi connectivity index (χ3v) is 5.03. The maximum atomic E-state index is 13.2. The van der Waals surface area contributed by atoms with Crippen molar-refractivity contribution in [2.24, 2.45) is 0 Å². The summed E-state index contributed by atoms with van der Waals surface area (Å²) in [5.74, 6) is -1.39. The second-order valence-corrected chi connectivity index (χ2v) is 6.86. The highest BCUT2D eigenvalue weighted by Crippen LogP contribution is 2.34. The van der Waals surface area contributed by atoms with E-state index in [1.54, 1.807) is 0 Å². The number of hydrogen-bond donors (Lipinski definition) is 0. The molecule has 0 atom stereocenters. The number of nitrogens with zero attached hydrogens (tertiary/aromatic N) is 1. The van der Waals surface area contributed by atoms with Crippen LogP contribution in [-0.2, 0) is 11.3 Å². The molecule has 3 aromatic carbocycles. The molecule has 0 radical (unpaired) electrons. The predicted molar refractivity (Wildman–Crippen MR) is 114 cm³/mol. The molecule has 0 spiro atoms. The highest BCUT2D eigenvalue weighted by Gasteiger charge is 2.24. The van der Waals surface area contributed by atoms with E-state index in [0.717, 1.165) is 22.2 Å². The maximum absolute atomic E-state index is 13.2. The van der Waals surface area contributed by atoms with Gasteiger partial charge in [0.15, 0.2) is 6.61 Å². The first kappa shape index (κ1) is 19.6. The second kappa shape index (κ2) is 8.33. The molecule has 4 nitrogen and oxygen atoms in total. The highest BCUT2D eigenvalue weighted by atomic mass is 19.1. The zero-order valence-corrected chi connectivity index (χ0v) is 16.5. The van der Waals surface area contributed by atoms with Gasteiger partial charge in [-0.1, -0.05) is 48.5 Å². The number of aromatic nitrogens is 1. The Hall–Kier alpha value is -3.73. The average molecular weight is 401 g/mol. The minimum Gasteiger partial charge on any atom is -0.454 e. The molecule has 0 fully saturated rings.